The van der Waals surface area contributed by atoms with E-state index in [1.54, 1.807) is 0 Å². The second-order valence-electron chi connectivity index (χ2n) is 7.06. The summed E-state index contributed by atoms with van der Waals surface area (Å²) in [7, 11) is -4.19. The molecular formula is C24H24Cl3O4P. The van der Waals surface area contributed by atoms with Crippen LogP contribution in [0.2, 0.25) is 0 Å². The minimum absolute atomic E-state index is 0.302. The standard InChI is InChI=1S/C24H24Cl3O4P/c25-22(16-19-10-4-1-5-11-19)29-32(28,30-23(26)17-20-12-6-2-7-13-20)31-24(27)18-21-14-8-3-9-15-21/h1-15,22-24H,16-18H2. The van der Waals surface area contributed by atoms with Gasteiger partial charge in [0.1, 0.15) is 16.7 Å². The van der Waals surface area contributed by atoms with E-state index in [4.69, 9.17) is 48.4 Å². The highest BCUT2D eigenvalue weighted by Gasteiger charge is 2.36. The highest BCUT2D eigenvalue weighted by Crippen LogP contribution is 2.55. The van der Waals surface area contributed by atoms with Gasteiger partial charge in [-0.25, -0.2) is 4.57 Å². The number of hydrogen-bond acceptors (Lipinski definition) is 4. The van der Waals surface area contributed by atoms with Crippen LogP contribution in [0.3, 0.4) is 0 Å². The lowest BCUT2D eigenvalue weighted by Gasteiger charge is -2.25. The molecule has 0 spiro atoms. The molecule has 0 amide bonds. The van der Waals surface area contributed by atoms with Crippen molar-refractivity contribution in [3.63, 3.8) is 0 Å². The molecule has 8 heteroatoms. The molecule has 0 N–H and O–H groups in total. The van der Waals surface area contributed by atoms with Crippen molar-refractivity contribution in [1.82, 2.24) is 0 Å². The number of phosphoric acid groups is 1. The van der Waals surface area contributed by atoms with Gasteiger partial charge in [-0.05, 0) is 16.7 Å². The molecule has 0 aliphatic heterocycles. The summed E-state index contributed by atoms with van der Waals surface area (Å²) < 4.78 is 30.2. The van der Waals surface area contributed by atoms with E-state index in [0.29, 0.717) is 19.3 Å². The van der Waals surface area contributed by atoms with Crippen molar-refractivity contribution in [3.05, 3.63) is 108 Å². The molecule has 0 aliphatic rings. The van der Waals surface area contributed by atoms with Crippen LogP contribution in [0.15, 0.2) is 91.0 Å². The molecule has 0 radical (unpaired) electrons. The Hall–Kier alpha value is -1.36. The van der Waals surface area contributed by atoms with Gasteiger partial charge >= 0.3 is 7.82 Å². The van der Waals surface area contributed by atoms with Crippen LogP contribution in [0.4, 0.5) is 0 Å². The van der Waals surface area contributed by atoms with E-state index in [2.05, 4.69) is 0 Å². The minimum atomic E-state index is -4.19. The van der Waals surface area contributed by atoms with Gasteiger partial charge in [0.05, 0.1) is 0 Å². The third-order valence-electron chi connectivity index (χ3n) is 4.45. The van der Waals surface area contributed by atoms with E-state index < -0.39 is 24.5 Å². The normalized spacial score (nSPS) is 16.1. The topological polar surface area (TPSA) is 44.8 Å². The molecule has 0 saturated carbocycles. The fraction of sp³-hybridized carbons (Fsp3) is 0.250. The number of alkyl halides is 3. The largest absolute Gasteiger partial charge is 0.479 e. The molecule has 3 unspecified atom stereocenters. The van der Waals surface area contributed by atoms with Gasteiger partial charge in [-0.3, -0.25) is 13.6 Å². The lowest BCUT2D eigenvalue weighted by atomic mass is 10.2. The number of rotatable bonds is 12. The molecule has 0 fully saturated rings. The Morgan fingerprint density at radius 3 is 1.03 bits per heavy atom. The minimum Gasteiger partial charge on any atom is -0.267 e. The van der Waals surface area contributed by atoms with Gasteiger partial charge < -0.3 is 0 Å². The molecule has 3 aromatic rings. The van der Waals surface area contributed by atoms with Crippen molar-refractivity contribution in [1.29, 1.82) is 0 Å². The number of halogens is 3. The Balaban J connectivity index is 1.68. The maximum absolute atomic E-state index is 13.5. The summed E-state index contributed by atoms with van der Waals surface area (Å²) in [5.74, 6) is 0. The summed E-state index contributed by atoms with van der Waals surface area (Å²) in [6.45, 7) is 0. The van der Waals surface area contributed by atoms with E-state index >= 15 is 0 Å². The molecule has 170 valence electrons. The Kier molecular flexibility index (Phi) is 10.1. The molecule has 3 aromatic carbocycles. The first kappa shape index (κ1) is 25.3. The zero-order valence-corrected chi connectivity index (χ0v) is 20.4. The first-order chi connectivity index (χ1) is 15.4. The van der Waals surface area contributed by atoms with Crippen LogP contribution in [0.1, 0.15) is 16.7 Å². The number of hydrogen-bond donors (Lipinski definition) is 0. The van der Waals surface area contributed by atoms with Gasteiger partial charge in [-0.2, -0.15) is 0 Å². The molecule has 0 aromatic heterocycles. The first-order valence-corrected chi connectivity index (χ1v) is 12.9. The van der Waals surface area contributed by atoms with Crippen LogP contribution >= 0.6 is 42.6 Å². The van der Waals surface area contributed by atoms with Gasteiger partial charge in [0, 0.05) is 19.3 Å². The summed E-state index contributed by atoms with van der Waals surface area (Å²) in [6.07, 6.45) is 0.906. The summed E-state index contributed by atoms with van der Waals surface area (Å²) >= 11 is 19.0. The van der Waals surface area contributed by atoms with Gasteiger partial charge in [0.15, 0.2) is 0 Å². The zero-order valence-electron chi connectivity index (χ0n) is 17.2. The quantitative estimate of drug-likeness (QED) is 0.185. The van der Waals surface area contributed by atoms with Crippen molar-refractivity contribution >= 4 is 42.6 Å². The summed E-state index contributed by atoms with van der Waals surface area (Å²) in [5.41, 5.74) is -0.161. The first-order valence-electron chi connectivity index (χ1n) is 10.1. The maximum atomic E-state index is 13.5. The van der Waals surface area contributed by atoms with Gasteiger partial charge in [-0.15, -0.1) is 0 Å². The average Bonchev–Trinajstić information content (AvgIpc) is 2.75. The van der Waals surface area contributed by atoms with Crippen molar-refractivity contribution in [3.8, 4) is 0 Å². The van der Waals surface area contributed by atoms with E-state index in [9.17, 15) is 4.57 Å². The lowest BCUT2D eigenvalue weighted by molar-refractivity contribution is 0.0854. The predicted molar refractivity (Wildman–Crippen MR) is 130 cm³/mol. The van der Waals surface area contributed by atoms with Crippen molar-refractivity contribution in [2.45, 2.75) is 36.0 Å². The second-order valence-corrected chi connectivity index (χ2v) is 10.1. The van der Waals surface area contributed by atoms with E-state index in [0.717, 1.165) is 16.7 Å². The van der Waals surface area contributed by atoms with Gasteiger partial charge in [0.2, 0.25) is 0 Å². The zero-order chi connectivity index (χ0) is 22.8. The van der Waals surface area contributed by atoms with E-state index in [1.807, 2.05) is 91.0 Å². The van der Waals surface area contributed by atoms with Gasteiger partial charge in [-0.1, -0.05) is 126 Å². The van der Waals surface area contributed by atoms with E-state index in [-0.39, 0.29) is 0 Å². The van der Waals surface area contributed by atoms with Crippen molar-refractivity contribution < 1.29 is 18.1 Å². The van der Waals surface area contributed by atoms with Crippen LogP contribution in [0, 0.1) is 0 Å². The van der Waals surface area contributed by atoms with Crippen LogP contribution in [0.5, 0.6) is 0 Å². The third-order valence-corrected chi connectivity index (χ3v) is 7.09. The van der Waals surface area contributed by atoms with Crippen LogP contribution < -0.4 is 0 Å². The molecule has 32 heavy (non-hydrogen) atoms. The van der Waals surface area contributed by atoms with E-state index in [1.165, 1.54) is 0 Å². The predicted octanol–water partition coefficient (Wildman–Crippen LogP) is 7.57. The Bertz CT molecular complexity index is 849. The molecule has 0 bridgehead atoms. The number of phosphoric ester groups is 1. The highest BCUT2D eigenvalue weighted by atomic mass is 35.5. The average molecular weight is 514 g/mol. The van der Waals surface area contributed by atoms with Crippen LogP contribution in [-0.4, -0.2) is 16.7 Å². The summed E-state index contributed by atoms with van der Waals surface area (Å²) in [6, 6.07) is 28.4. The van der Waals surface area contributed by atoms with Crippen molar-refractivity contribution in [2.24, 2.45) is 0 Å². The van der Waals surface area contributed by atoms with Gasteiger partial charge in [0.25, 0.3) is 0 Å². The van der Waals surface area contributed by atoms with Crippen LogP contribution in [0.25, 0.3) is 0 Å². The lowest BCUT2D eigenvalue weighted by Crippen LogP contribution is -2.18. The SMILES string of the molecule is O=P(OC(Cl)Cc1ccccc1)(OC(Cl)Cc1ccccc1)OC(Cl)Cc1ccccc1. The fourth-order valence-corrected chi connectivity index (χ4v) is 5.63. The molecule has 3 atom stereocenters. The molecule has 3 rings (SSSR count). The molecule has 0 saturated heterocycles. The maximum Gasteiger partial charge on any atom is 0.479 e. The Morgan fingerprint density at radius 1 is 0.531 bits per heavy atom. The highest BCUT2D eigenvalue weighted by molar-refractivity contribution is 7.48. The molecular weight excluding hydrogens is 490 g/mol. The summed E-state index contributed by atoms with van der Waals surface area (Å²) in [4.78, 5) is 0. The van der Waals surface area contributed by atoms with Crippen LogP contribution in [-0.2, 0) is 37.4 Å². The smallest absolute Gasteiger partial charge is 0.267 e. The summed E-state index contributed by atoms with van der Waals surface area (Å²) in [5, 5.41) is 0. The third kappa shape index (κ3) is 8.88. The number of benzene rings is 3. The molecule has 4 nitrogen and oxygen atoms in total. The molecule has 0 heterocycles. The molecule has 0 aliphatic carbocycles. The van der Waals surface area contributed by atoms with Crippen molar-refractivity contribution in [2.75, 3.05) is 0 Å². The Labute approximate surface area is 204 Å². The Morgan fingerprint density at radius 2 is 0.781 bits per heavy atom. The monoisotopic (exact) mass is 512 g/mol. The second kappa shape index (κ2) is 12.8. The fourth-order valence-electron chi connectivity index (χ4n) is 3.00.